The first-order valence-corrected chi connectivity index (χ1v) is 7.55. The zero-order chi connectivity index (χ0) is 14.1. The van der Waals surface area contributed by atoms with Gasteiger partial charge in [-0.3, -0.25) is 0 Å². The van der Waals surface area contributed by atoms with Crippen molar-refractivity contribution in [2.24, 2.45) is 0 Å². The van der Waals surface area contributed by atoms with E-state index in [1.54, 1.807) is 13.3 Å². The van der Waals surface area contributed by atoms with Gasteiger partial charge in [0.25, 0.3) is 0 Å². The molecule has 0 spiro atoms. The molecule has 5 nitrogen and oxygen atoms in total. The highest BCUT2D eigenvalue weighted by atomic mass is 79.9. The number of fused-ring (bicyclic) bond motifs is 1. The molecule has 0 saturated heterocycles. The fourth-order valence-electron chi connectivity index (χ4n) is 1.84. The van der Waals surface area contributed by atoms with Crippen LogP contribution in [0.3, 0.4) is 0 Å². The fourth-order valence-corrected chi connectivity index (χ4v) is 3.59. The fraction of sp³-hybridized carbons (Fsp3) is 0.154. The third-order valence-electron chi connectivity index (χ3n) is 2.82. The summed E-state index contributed by atoms with van der Waals surface area (Å²) in [6.45, 7) is 1.74. The summed E-state index contributed by atoms with van der Waals surface area (Å²) in [5, 5.41) is 10.5. The Balaban J connectivity index is 1.95. The molecule has 20 heavy (non-hydrogen) atoms. The zero-order valence-corrected chi connectivity index (χ0v) is 12.9. The number of nitrogens with zero attached hydrogens (tertiary/aromatic N) is 3. The molecular weight excluding hydrogens is 340 g/mol. The lowest BCUT2D eigenvalue weighted by Gasteiger charge is -2.09. The Kier molecular flexibility index (Phi) is 3.73. The van der Waals surface area contributed by atoms with Crippen molar-refractivity contribution in [1.29, 1.82) is 0 Å². The summed E-state index contributed by atoms with van der Waals surface area (Å²) in [7, 11) is 0. The van der Waals surface area contributed by atoms with Crippen molar-refractivity contribution in [3.05, 3.63) is 40.9 Å². The number of halogens is 1. The van der Waals surface area contributed by atoms with Gasteiger partial charge < -0.3 is 10.1 Å². The number of H-pyrrole nitrogens is 1. The van der Waals surface area contributed by atoms with E-state index in [-0.39, 0.29) is 0 Å². The van der Waals surface area contributed by atoms with Gasteiger partial charge >= 0.3 is 0 Å². The normalized spacial score (nSPS) is 12.8. The van der Waals surface area contributed by atoms with Crippen molar-refractivity contribution in [2.45, 2.75) is 22.9 Å². The van der Waals surface area contributed by atoms with E-state index in [1.807, 2.05) is 18.2 Å². The van der Waals surface area contributed by atoms with Gasteiger partial charge in [0, 0.05) is 9.37 Å². The molecule has 1 aromatic carbocycles. The molecule has 0 bridgehead atoms. The zero-order valence-electron chi connectivity index (χ0n) is 10.5. The molecule has 1 unspecified atom stereocenters. The maximum absolute atomic E-state index is 9.63. The third-order valence-corrected chi connectivity index (χ3v) is 4.50. The second kappa shape index (κ2) is 5.51. The topological polar surface area (TPSA) is 74.7 Å². The molecule has 2 aromatic heterocycles. The molecule has 102 valence electrons. The van der Waals surface area contributed by atoms with Gasteiger partial charge in [-0.25, -0.2) is 15.0 Å². The summed E-state index contributed by atoms with van der Waals surface area (Å²) < 4.78 is 0.882. The highest BCUT2D eigenvalue weighted by molar-refractivity contribution is 9.10. The van der Waals surface area contributed by atoms with Crippen LogP contribution in [0.25, 0.3) is 11.2 Å². The van der Waals surface area contributed by atoms with E-state index in [4.69, 9.17) is 0 Å². The van der Waals surface area contributed by atoms with Gasteiger partial charge in [-0.15, -0.1) is 0 Å². The van der Waals surface area contributed by atoms with Crippen LogP contribution in [0.1, 0.15) is 18.6 Å². The van der Waals surface area contributed by atoms with Crippen LogP contribution in [0.15, 0.2) is 45.2 Å². The molecular formula is C13H11BrN4OS. The van der Waals surface area contributed by atoms with Crippen LogP contribution < -0.4 is 0 Å². The predicted octanol–water partition coefficient (Wildman–Crippen LogP) is 3.32. The van der Waals surface area contributed by atoms with Crippen LogP contribution in [0.2, 0.25) is 0 Å². The van der Waals surface area contributed by atoms with Crippen molar-refractivity contribution in [1.82, 2.24) is 19.9 Å². The van der Waals surface area contributed by atoms with E-state index in [1.165, 1.54) is 18.1 Å². The average Bonchev–Trinajstić information content (AvgIpc) is 2.87. The standard InChI is InChI=1S/C13H11BrN4OS/c1-7(19)9-3-2-8(4-10(9)14)20-13-11-12(16-5-15-11)17-6-18-13/h2-7,19H,1H3,(H,15,16,17,18). The van der Waals surface area contributed by atoms with Crippen LogP contribution >= 0.6 is 27.7 Å². The molecule has 0 fully saturated rings. The molecule has 7 heteroatoms. The van der Waals surface area contributed by atoms with Gasteiger partial charge in [0.05, 0.1) is 12.4 Å². The van der Waals surface area contributed by atoms with Crippen molar-refractivity contribution in [3.8, 4) is 0 Å². The number of hydrogen-bond acceptors (Lipinski definition) is 5. The summed E-state index contributed by atoms with van der Waals surface area (Å²) in [5.41, 5.74) is 2.35. The van der Waals surface area contributed by atoms with E-state index >= 15 is 0 Å². The second-order valence-corrected chi connectivity index (χ2v) is 6.16. The quantitative estimate of drug-likeness (QED) is 0.708. The van der Waals surface area contributed by atoms with Crippen LogP contribution in [0.4, 0.5) is 0 Å². The number of aliphatic hydroxyl groups excluding tert-OH is 1. The minimum atomic E-state index is -0.498. The molecule has 3 aromatic rings. The van der Waals surface area contributed by atoms with E-state index in [0.717, 1.165) is 25.5 Å². The van der Waals surface area contributed by atoms with Crippen LogP contribution in [0.5, 0.6) is 0 Å². The van der Waals surface area contributed by atoms with Gasteiger partial charge in [-0.05, 0) is 24.6 Å². The molecule has 3 rings (SSSR count). The number of nitrogens with one attached hydrogen (secondary N) is 1. The average molecular weight is 351 g/mol. The number of aromatic nitrogens is 4. The monoisotopic (exact) mass is 350 g/mol. The Hall–Kier alpha value is -1.44. The Bertz CT molecular complexity index is 759. The highest BCUT2D eigenvalue weighted by Crippen LogP contribution is 2.33. The minimum Gasteiger partial charge on any atom is -0.389 e. The summed E-state index contributed by atoms with van der Waals surface area (Å²) in [6, 6.07) is 5.83. The molecule has 0 aliphatic rings. The van der Waals surface area contributed by atoms with Crippen LogP contribution in [-0.4, -0.2) is 25.0 Å². The minimum absolute atomic E-state index is 0.498. The maximum Gasteiger partial charge on any atom is 0.181 e. The van der Waals surface area contributed by atoms with E-state index in [9.17, 15) is 5.11 Å². The van der Waals surface area contributed by atoms with E-state index in [2.05, 4.69) is 35.9 Å². The predicted molar refractivity (Wildman–Crippen MR) is 80.6 cm³/mol. The summed E-state index contributed by atoms with van der Waals surface area (Å²) in [5.74, 6) is 0. The van der Waals surface area contributed by atoms with E-state index in [0.29, 0.717) is 5.65 Å². The van der Waals surface area contributed by atoms with Crippen LogP contribution in [0, 0.1) is 0 Å². The largest absolute Gasteiger partial charge is 0.389 e. The first-order valence-electron chi connectivity index (χ1n) is 5.94. The van der Waals surface area contributed by atoms with E-state index < -0.39 is 6.10 Å². The lowest BCUT2D eigenvalue weighted by Crippen LogP contribution is -1.92. The summed E-state index contributed by atoms with van der Waals surface area (Å²) in [6.07, 6.45) is 2.61. The molecule has 0 aliphatic heterocycles. The number of rotatable bonds is 3. The first-order chi connectivity index (χ1) is 9.65. The highest BCUT2D eigenvalue weighted by Gasteiger charge is 2.10. The summed E-state index contributed by atoms with van der Waals surface area (Å²) in [4.78, 5) is 16.5. The molecule has 0 amide bonds. The number of hydrogen-bond donors (Lipinski definition) is 2. The Labute approximate surface area is 128 Å². The lowest BCUT2D eigenvalue weighted by atomic mass is 10.1. The van der Waals surface area contributed by atoms with Crippen molar-refractivity contribution in [3.63, 3.8) is 0 Å². The molecule has 2 heterocycles. The van der Waals surface area contributed by atoms with Gasteiger partial charge in [-0.1, -0.05) is 33.8 Å². The maximum atomic E-state index is 9.63. The van der Waals surface area contributed by atoms with Gasteiger partial charge in [-0.2, -0.15) is 0 Å². The molecule has 0 radical (unpaired) electrons. The summed E-state index contributed by atoms with van der Waals surface area (Å²) >= 11 is 5.00. The number of aliphatic hydroxyl groups is 1. The third kappa shape index (κ3) is 2.56. The molecule has 0 saturated carbocycles. The lowest BCUT2D eigenvalue weighted by molar-refractivity contribution is 0.198. The Morgan fingerprint density at radius 1 is 1.30 bits per heavy atom. The molecule has 1 atom stereocenters. The smallest absolute Gasteiger partial charge is 0.181 e. The number of imidazole rings is 1. The van der Waals surface area contributed by atoms with Crippen molar-refractivity contribution < 1.29 is 5.11 Å². The van der Waals surface area contributed by atoms with Crippen molar-refractivity contribution in [2.75, 3.05) is 0 Å². The van der Waals surface area contributed by atoms with Crippen molar-refractivity contribution >= 4 is 38.9 Å². The van der Waals surface area contributed by atoms with Gasteiger partial charge in [0.15, 0.2) is 5.65 Å². The number of aromatic amines is 1. The molecule has 0 aliphatic carbocycles. The second-order valence-electron chi connectivity index (χ2n) is 4.24. The number of benzene rings is 1. The Morgan fingerprint density at radius 3 is 2.90 bits per heavy atom. The van der Waals surface area contributed by atoms with Crippen LogP contribution in [-0.2, 0) is 0 Å². The molecule has 2 N–H and O–H groups in total. The Morgan fingerprint density at radius 2 is 2.15 bits per heavy atom. The van der Waals surface area contributed by atoms with Gasteiger partial charge in [0.1, 0.15) is 16.9 Å². The first kappa shape index (κ1) is 13.5. The SMILES string of the molecule is CC(O)c1ccc(Sc2ncnc3nc[nH]c23)cc1Br. The van der Waals surface area contributed by atoms with Gasteiger partial charge in [0.2, 0.25) is 0 Å².